The average Bonchev–Trinajstić information content (AvgIpc) is 3.03. The van der Waals surface area contributed by atoms with Gasteiger partial charge >= 0.3 is 5.97 Å². The summed E-state index contributed by atoms with van der Waals surface area (Å²) in [4.78, 5) is 26.7. The van der Waals surface area contributed by atoms with Crippen LogP contribution < -0.4 is 5.32 Å². The largest absolute Gasteiger partial charge is 0.444 e. The van der Waals surface area contributed by atoms with E-state index in [2.05, 4.69) is 74.6 Å². The number of carbonyl (C=O) groups excluding carboxylic acids is 2. The molecule has 250 valence electrons. The van der Waals surface area contributed by atoms with Crippen molar-refractivity contribution in [1.29, 1.82) is 0 Å². The number of carbonyl (C=O) groups is 2. The van der Waals surface area contributed by atoms with Crippen LogP contribution in [-0.4, -0.2) is 42.5 Å². The van der Waals surface area contributed by atoms with Crippen LogP contribution in [0.25, 0.3) is 0 Å². The molecule has 2 unspecified atom stereocenters. The molecular weight excluding hydrogens is 603 g/mol. The van der Waals surface area contributed by atoms with Crippen molar-refractivity contribution in [1.82, 2.24) is 5.32 Å². The number of benzene rings is 3. The van der Waals surface area contributed by atoms with Gasteiger partial charge in [-0.25, -0.2) is 0 Å². The van der Waals surface area contributed by atoms with Gasteiger partial charge in [-0.05, 0) is 68.2 Å². The van der Waals surface area contributed by atoms with Gasteiger partial charge in [0.15, 0.2) is 11.4 Å². The number of rotatable bonds is 14. The molecule has 0 amide bonds. The summed E-state index contributed by atoms with van der Waals surface area (Å²) >= 11 is 2.04. The highest BCUT2D eigenvalue weighted by atomic mass is 32.2. The van der Waals surface area contributed by atoms with Crippen molar-refractivity contribution in [2.24, 2.45) is 5.41 Å². The highest BCUT2D eigenvalue weighted by Crippen LogP contribution is 2.43. The third-order valence-corrected chi connectivity index (χ3v) is 11.1. The summed E-state index contributed by atoms with van der Waals surface area (Å²) < 4.78 is 12.4. The van der Waals surface area contributed by atoms with E-state index in [9.17, 15) is 9.59 Å². The lowest BCUT2D eigenvalue weighted by Gasteiger charge is -2.36. The van der Waals surface area contributed by atoms with Crippen LogP contribution in [0.2, 0.25) is 0 Å². The Kier molecular flexibility index (Phi) is 11.7. The molecule has 1 saturated carbocycles. The fourth-order valence-electron chi connectivity index (χ4n) is 7.08. The monoisotopic (exact) mass is 653 g/mol. The first-order chi connectivity index (χ1) is 22.6. The van der Waals surface area contributed by atoms with Crippen molar-refractivity contribution >= 4 is 23.5 Å². The number of Topliss-reactive ketones (excluding diaryl/α,β-unsaturated/α-hetero) is 1. The second kappa shape index (κ2) is 15.7. The van der Waals surface area contributed by atoms with Crippen molar-refractivity contribution in [3.05, 3.63) is 118 Å². The lowest BCUT2D eigenvalue weighted by atomic mass is 9.72. The van der Waals surface area contributed by atoms with Crippen molar-refractivity contribution < 1.29 is 19.1 Å². The molecule has 2 aliphatic rings. The van der Waals surface area contributed by atoms with Crippen LogP contribution >= 0.6 is 11.8 Å². The Balaban J connectivity index is 1.27. The Hall–Kier alpha value is -3.35. The van der Waals surface area contributed by atoms with Crippen LogP contribution in [0.3, 0.4) is 0 Å². The molecule has 3 aromatic rings. The molecule has 1 heterocycles. The van der Waals surface area contributed by atoms with Crippen molar-refractivity contribution in [2.45, 2.75) is 96.0 Å². The molecule has 47 heavy (non-hydrogen) atoms. The average molecular weight is 654 g/mol. The van der Waals surface area contributed by atoms with E-state index in [4.69, 9.17) is 9.47 Å². The molecule has 1 saturated heterocycles. The number of unbranched alkanes of at least 4 members (excludes halogenated alkanes) is 2. The first kappa shape index (κ1) is 35.0. The predicted molar refractivity (Wildman–Crippen MR) is 193 cm³/mol. The minimum Gasteiger partial charge on any atom is -0.444 e. The van der Waals surface area contributed by atoms with E-state index in [1.807, 2.05) is 49.0 Å². The van der Waals surface area contributed by atoms with Crippen LogP contribution in [0.5, 0.6) is 0 Å². The number of nitrogens with one attached hydrogen (secondary N) is 1. The lowest BCUT2D eigenvalue weighted by molar-refractivity contribution is -0.153. The van der Waals surface area contributed by atoms with Crippen molar-refractivity contribution in [2.75, 3.05) is 19.4 Å². The standard InChI is InChI=1S/C41H51NO4S/c1-29-14-11-12-17-35(29)41(32-15-8-6-9-16-32,33-21-19-31(20-22-33)26-34-23-25-47-34)46-38(44)18-10-7-13-24-42-30(2)39-36(43)27-40(3,4)28-37(39)45-5/h6,8-9,11-12,14-17,19-22,34,37,42H,7,10,13,18,23-28H2,1-5H3/b39-30-/t34-,37?,41?/m0/s1. The van der Waals surface area contributed by atoms with E-state index in [0.29, 0.717) is 18.1 Å². The van der Waals surface area contributed by atoms with Gasteiger partial charge in [0.2, 0.25) is 0 Å². The Morgan fingerprint density at radius 1 is 0.957 bits per heavy atom. The van der Waals surface area contributed by atoms with Crippen molar-refractivity contribution in [3.8, 4) is 0 Å². The number of allylic oxidation sites excluding steroid dienone is 1. The van der Waals surface area contributed by atoms with Gasteiger partial charge in [-0.2, -0.15) is 11.8 Å². The number of thioether (sulfide) groups is 1. The Morgan fingerprint density at radius 3 is 2.30 bits per heavy atom. The molecular formula is C41H51NO4S. The summed E-state index contributed by atoms with van der Waals surface area (Å²) in [5.41, 5.74) is 5.83. The minimum atomic E-state index is -1.06. The molecule has 2 fully saturated rings. The second-order valence-electron chi connectivity index (χ2n) is 14.0. The van der Waals surface area contributed by atoms with Crippen LogP contribution in [0.1, 0.15) is 93.5 Å². The summed E-state index contributed by atoms with van der Waals surface area (Å²) in [5, 5.41) is 4.16. The minimum absolute atomic E-state index is 0.0499. The molecule has 0 bridgehead atoms. The molecule has 0 radical (unpaired) electrons. The topological polar surface area (TPSA) is 64.6 Å². The maximum atomic E-state index is 13.8. The molecule has 5 nitrogen and oxygen atoms in total. The Morgan fingerprint density at radius 2 is 1.64 bits per heavy atom. The maximum absolute atomic E-state index is 13.8. The highest BCUT2D eigenvalue weighted by Gasteiger charge is 2.42. The van der Waals surface area contributed by atoms with Gasteiger partial charge in [-0.15, -0.1) is 0 Å². The first-order valence-electron chi connectivity index (χ1n) is 17.2. The quantitative estimate of drug-likeness (QED) is 0.0813. The molecule has 1 aliphatic heterocycles. The molecule has 0 aromatic heterocycles. The molecule has 3 atom stereocenters. The zero-order valence-corrected chi connectivity index (χ0v) is 29.6. The second-order valence-corrected chi connectivity index (χ2v) is 15.4. The number of hydrogen-bond donors (Lipinski definition) is 1. The van der Waals surface area contributed by atoms with Gasteiger partial charge in [0.05, 0.1) is 6.10 Å². The number of esters is 1. The summed E-state index contributed by atoms with van der Waals surface area (Å²) in [6.07, 6.45) is 6.36. The summed E-state index contributed by atoms with van der Waals surface area (Å²) in [5.74, 6) is 1.21. The molecule has 1 aliphatic carbocycles. The van der Waals surface area contributed by atoms with E-state index in [-0.39, 0.29) is 23.3 Å². The van der Waals surface area contributed by atoms with Gasteiger partial charge in [0, 0.05) is 59.7 Å². The number of hydrogen-bond acceptors (Lipinski definition) is 6. The van der Waals surface area contributed by atoms with Crippen molar-refractivity contribution in [3.63, 3.8) is 0 Å². The molecule has 6 heteroatoms. The van der Waals surface area contributed by atoms with Gasteiger partial charge in [0.25, 0.3) is 0 Å². The van der Waals surface area contributed by atoms with Crippen LogP contribution in [0.4, 0.5) is 0 Å². The van der Waals surface area contributed by atoms with E-state index in [1.165, 1.54) is 17.7 Å². The van der Waals surface area contributed by atoms with Gasteiger partial charge in [0.1, 0.15) is 0 Å². The van der Waals surface area contributed by atoms with E-state index in [1.54, 1.807) is 7.11 Å². The zero-order chi connectivity index (χ0) is 33.4. The molecule has 5 rings (SSSR count). The fraction of sp³-hybridized carbons (Fsp3) is 0.463. The summed E-state index contributed by atoms with van der Waals surface area (Å²) in [6, 6.07) is 27.1. The van der Waals surface area contributed by atoms with Crippen LogP contribution in [0.15, 0.2) is 90.1 Å². The summed E-state index contributed by atoms with van der Waals surface area (Å²) in [6.45, 7) is 9.05. The highest BCUT2D eigenvalue weighted by molar-refractivity contribution is 8.01. The van der Waals surface area contributed by atoms with Crippen LogP contribution in [0, 0.1) is 12.3 Å². The predicted octanol–water partition coefficient (Wildman–Crippen LogP) is 8.71. The smallest absolute Gasteiger partial charge is 0.307 e. The third kappa shape index (κ3) is 8.39. The summed E-state index contributed by atoms with van der Waals surface area (Å²) in [7, 11) is 1.68. The van der Waals surface area contributed by atoms with Crippen LogP contribution in [-0.2, 0) is 31.1 Å². The first-order valence-corrected chi connectivity index (χ1v) is 18.2. The van der Waals surface area contributed by atoms with E-state index >= 15 is 0 Å². The third-order valence-electron chi connectivity index (χ3n) is 9.72. The number of aryl methyl sites for hydroxylation is 1. The molecule has 1 N–H and O–H groups in total. The maximum Gasteiger partial charge on any atom is 0.307 e. The van der Waals surface area contributed by atoms with Gasteiger partial charge in [-0.3, -0.25) is 9.59 Å². The van der Waals surface area contributed by atoms with Gasteiger partial charge < -0.3 is 14.8 Å². The normalized spacial score (nSPS) is 21.3. The fourth-order valence-corrected chi connectivity index (χ4v) is 7.96. The Bertz CT molecular complexity index is 1540. The SMILES string of the molecule is COC1CC(C)(C)CC(=O)/C1=C(\C)NCCCCCC(=O)OC(c1ccccc1)(c1ccc(C[C@@H]2CCS2)cc1)c1ccccc1C. The molecule has 0 spiro atoms. The van der Waals surface area contributed by atoms with E-state index < -0.39 is 5.60 Å². The number of ether oxygens (including phenoxy) is 2. The van der Waals surface area contributed by atoms with Gasteiger partial charge in [-0.1, -0.05) is 99.1 Å². The molecule has 3 aromatic carbocycles. The number of methoxy groups -OCH3 is 1. The Labute approximate surface area is 285 Å². The van der Waals surface area contributed by atoms with E-state index in [0.717, 1.165) is 72.2 Å². The lowest BCUT2D eigenvalue weighted by Crippen LogP contribution is -2.38. The zero-order valence-electron chi connectivity index (χ0n) is 28.8. The number of ketones is 1.